The molecule has 0 atom stereocenters. The molecular formula is C27H34ClFN2O4. The predicted molar refractivity (Wildman–Crippen MR) is 136 cm³/mol. The van der Waals surface area contributed by atoms with Gasteiger partial charge in [0, 0.05) is 49.5 Å². The highest BCUT2D eigenvalue weighted by atomic mass is 35.5. The standard InChI is InChI=1S/C27H34ClFN2O4/c1-27(2,3)35-26(32)19-34-13-4-12-33-14-10-30-17-21-15-23(29)16-25-24(21)9-11-31(25)18-20-5-7-22(28)8-6-20/h5-9,11,15-16,30H,4,10,12-14,17-19H2,1-3H3. The van der Waals surface area contributed by atoms with E-state index in [1.807, 2.05) is 61.9 Å². The quantitative estimate of drug-likeness (QED) is 0.251. The Morgan fingerprint density at radius 1 is 1.06 bits per heavy atom. The van der Waals surface area contributed by atoms with E-state index in [9.17, 15) is 9.18 Å². The van der Waals surface area contributed by atoms with Crippen LogP contribution in [0.5, 0.6) is 0 Å². The molecule has 0 amide bonds. The lowest BCUT2D eigenvalue weighted by Gasteiger charge is -2.19. The second-order valence-electron chi connectivity index (χ2n) is 9.35. The van der Waals surface area contributed by atoms with Gasteiger partial charge in [-0.05, 0) is 68.7 Å². The van der Waals surface area contributed by atoms with Gasteiger partial charge in [0.25, 0.3) is 0 Å². The van der Waals surface area contributed by atoms with E-state index >= 15 is 0 Å². The fourth-order valence-corrected chi connectivity index (χ4v) is 3.79. The first kappa shape index (κ1) is 27.1. The number of carbonyl (C=O) groups excluding carboxylic acids is 1. The molecule has 0 bridgehead atoms. The molecule has 1 aromatic heterocycles. The van der Waals surface area contributed by atoms with Gasteiger partial charge in [-0.25, -0.2) is 9.18 Å². The van der Waals surface area contributed by atoms with E-state index < -0.39 is 5.60 Å². The van der Waals surface area contributed by atoms with Crippen LogP contribution < -0.4 is 5.32 Å². The molecule has 0 aliphatic heterocycles. The monoisotopic (exact) mass is 504 g/mol. The van der Waals surface area contributed by atoms with E-state index in [-0.39, 0.29) is 18.4 Å². The smallest absolute Gasteiger partial charge is 0.332 e. The van der Waals surface area contributed by atoms with Crippen molar-refractivity contribution in [3.05, 3.63) is 70.6 Å². The lowest BCUT2D eigenvalue weighted by atomic mass is 10.1. The van der Waals surface area contributed by atoms with Gasteiger partial charge in [0.15, 0.2) is 0 Å². The van der Waals surface area contributed by atoms with Crippen molar-refractivity contribution in [2.75, 3.05) is 33.0 Å². The van der Waals surface area contributed by atoms with Crippen molar-refractivity contribution >= 4 is 28.5 Å². The first-order valence-corrected chi connectivity index (χ1v) is 12.2. The minimum Gasteiger partial charge on any atom is -0.458 e. The molecule has 0 aliphatic carbocycles. The molecular weight excluding hydrogens is 471 g/mol. The molecule has 2 aromatic carbocycles. The Morgan fingerprint density at radius 2 is 1.80 bits per heavy atom. The van der Waals surface area contributed by atoms with Crippen LogP contribution in [0.15, 0.2) is 48.7 Å². The number of esters is 1. The molecule has 190 valence electrons. The van der Waals surface area contributed by atoms with Gasteiger partial charge < -0.3 is 24.1 Å². The molecule has 0 saturated carbocycles. The molecule has 6 nitrogen and oxygen atoms in total. The molecule has 0 aliphatic rings. The van der Waals surface area contributed by atoms with E-state index in [2.05, 4.69) is 5.32 Å². The minimum atomic E-state index is -0.505. The third-order valence-electron chi connectivity index (χ3n) is 5.16. The SMILES string of the molecule is CC(C)(C)OC(=O)COCCCOCCNCc1cc(F)cc2c1ccn2Cc1ccc(Cl)cc1. The largest absolute Gasteiger partial charge is 0.458 e. The number of halogens is 2. The van der Waals surface area contributed by atoms with Gasteiger partial charge in [-0.2, -0.15) is 0 Å². The number of nitrogens with zero attached hydrogens (tertiary/aromatic N) is 1. The normalized spacial score (nSPS) is 11.8. The van der Waals surface area contributed by atoms with Crippen molar-refractivity contribution in [1.82, 2.24) is 9.88 Å². The molecule has 1 N–H and O–H groups in total. The number of aromatic nitrogens is 1. The summed E-state index contributed by atoms with van der Waals surface area (Å²) in [5.41, 5.74) is 2.36. The summed E-state index contributed by atoms with van der Waals surface area (Å²) in [4.78, 5) is 11.6. The van der Waals surface area contributed by atoms with Crippen molar-refractivity contribution in [3.63, 3.8) is 0 Å². The molecule has 0 spiro atoms. The van der Waals surface area contributed by atoms with Gasteiger partial charge >= 0.3 is 5.97 Å². The number of hydrogen-bond donors (Lipinski definition) is 1. The van der Waals surface area contributed by atoms with Gasteiger partial charge in [-0.3, -0.25) is 0 Å². The number of rotatable bonds is 13. The summed E-state index contributed by atoms with van der Waals surface area (Å²) < 4.78 is 32.5. The third-order valence-corrected chi connectivity index (χ3v) is 5.41. The van der Waals surface area contributed by atoms with Crippen molar-refractivity contribution < 1.29 is 23.4 Å². The highest BCUT2D eigenvalue weighted by Gasteiger charge is 2.16. The van der Waals surface area contributed by atoms with Gasteiger partial charge in [0.05, 0.1) is 12.1 Å². The first-order valence-electron chi connectivity index (χ1n) is 11.8. The van der Waals surface area contributed by atoms with Gasteiger partial charge in [-0.15, -0.1) is 0 Å². The van der Waals surface area contributed by atoms with Crippen LogP contribution >= 0.6 is 11.6 Å². The van der Waals surface area contributed by atoms with Crippen LogP contribution in [0.4, 0.5) is 4.39 Å². The summed E-state index contributed by atoms with van der Waals surface area (Å²) in [5.74, 6) is -0.623. The predicted octanol–water partition coefficient (Wildman–Crippen LogP) is 5.34. The third kappa shape index (κ3) is 9.26. The Bertz CT molecular complexity index is 1090. The lowest BCUT2D eigenvalue weighted by Crippen LogP contribution is -2.26. The highest BCUT2D eigenvalue weighted by molar-refractivity contribution is 6.30. The van der Waals surface area contributed by atoms with Crippen molar-refractivity contribution in [2.24, 2.45) is 0 Å². The van der Waals surface area contributed by atoms with Crippen LogP contribution in [0.2, 0.25) is 5.02 Å². The van der Waals surface area contributed by atoms with Crippen LogP contribution in [0.3, 0.4) is 0 Å². The lowest BCUT2D eigenvalue weighted by molar-refractivity contribution is -0.160. The summed E-state index contributed by atoms with van der Waals surface area (Å²) in [6.45, 7) is 8.74. The van der Waals surface area contributed by atoms with Crippen LogP contribution in [0.25, 0.3) is 10.9 Å². The van der Waals surface area contributed by atoms with Gasteiger partial charge in [0.1, 0.15) is 18.0 Å². The molecule has 35 heavy (non-hydrogen) atoms. The van der Waals surface area contributed by atoms with Crippen molar-refractivity contribution in [1.29, 1.82) is 0 Å². The minimum absolute atomic E-state index is 0.0532. The zero-order chi connectivity index (χ0) is 25.3. The molecule has 0 saturated heterocycles. The number of ether oxygens (including phenoxy) is 3. The Hall–Kier alpha value is -2.45. The molecule has 0 radical (unpaired) electrons. The number of fused-ring (bicyclic) bond motifs is 1. The maximum atomic E-state index is 14.3. The van der Waals surface area contributed by atoms with Crippen LogP contribution in [-0.2, 0) is 32.1 Å². The Morgan fingerprint density at radius 3 is 2.54 bits per heavy atom. The molecule has 1 heterocycles. The van der Waals surface area contributed by atoms with Crippen LogP contribution in [0, 0.1) is 5.82 Å². The summed E-state index contributed by atoms with van der Waals surface area (Å²) in [6, 6.07) is 12.8. The zero-order valence-electron chi connectivity index (χ0n) is 20.6. The Labute approximate surface area is 211 Å². The van der Waals surface area contributed by atoms with Crippen molar-refractivity contribution in [3.8, 4) is 0 Å². The molecule has 3 aromatic rings. The van der Waals surface area contributed by atoms with Crippen LogP contribution in [0.1, 0.15) is 38.3 Å². The van der Waals surface area contributed by atoms with E-state index in [0.29, 0.717) is 50.9 Å². The first-order chi connectivity index (χ1) is 16.7. The molecule has 3 rings (SSSR count). The van der Waals surface area contributed by atoms with E-state index in [1.165, 1.54) is 0 Å². The summed E-state index contributed by atoms with van der Waals surface area (Å²) in [7, 11) is 0. The number of carbonyl (C=O) groups is 1. The van der Waals surface area contributed by atoms with E-state index in [0.717, 1.165) is 22.0 Å². The molecule has 8 heteroatoms. The average molecular weight is 505 g/mol. The maximum absolute atomic E-state index is 14.3. The maximum Gasteiger partial charge on any atom is 0.332 e. The highest BCUT2D eigenvalue weighted by Crippen LogP contribution is 2.23. The Kier molecular flexibility index (Phi) is 10.1. The zero-order valence-corrected chi connectivity index (χ0v) is 21.4. The number of hydrogen-bond acceptors (Lipinski definition) is 5. The fourth-order valence-electron chi connectivity index (χ4n) is 3.66. The Balaban J connectivity index is 1.36. The van der Waals surface area contributed by atoms with Gasteiger partial charge in [0.2, 0.25) is 0 Å². The van der Waals surface area contributed by atoms with E-state index in [1.54, 1.807) is 12.1 Å². The summed E-state index contributed by atoms with van der Waals surface area (Å²) in [5, 5.41) is 5.04. The fraction of sp³-hybridized carbons (Fsp3) is 0.444. The number of benzene rings is 2. The van der Waals surface area contributed by atoms with Crippen LogP contribution in [-0.4, -0.2) is 49.1 Å². The number of nitrogens with one attached hydrogen (secondary N) is 1. The van der Waals surface area contributed by atoms with E-state index in [4.69, 9.17) is 25.8 Å². The topological polar surface area (TPSA) is 61.7 Å². The average Bonchev–Trinajstić information content (AvgIpc) is 3.17. The molecule has 0 unspecified atom stereocenters. The van der Waals surface area contributed by atoms with Gasteiger partial charge in [-0.1, -0.05) is 23.7 Å². The summed E-state index contributed by atoms with van der Waals surface area (Å²) >= 11 is 5.97. The second kappa shape index (κ2) is 13.0. The second-order valence-corrected chi connectivity index (χ2v) is 9.79. The summed E-state index contributed by atoms with van der Waals surface area (Å²) in [6.07, 6.45) is 2.67. The van der Waals surface area contributed by atoms with Crippen molar-refractivity contribution in [2.45, 2.75) is 45.9 Å². The molecule has 0 fully saturated rings.